The predicted molar refractivity (Wildman–Crippen MR) is 63.3 cm³/mol. The van der Waals surface area contributed by atoms with Gasteiger partial charge >= 0.3 is 0 Å². The Bertz CT molecular complexity index is 416. The van der Waals surface area contributed by atoms with E-state index < -0.39 is 0 Å². The van der Waals surface area contributed by atoms with Crippen LogP contribution < -0.4 is 0 Å². The summed E-state index contributed by atoms with van der Waals surface area (Å²) in [6.45, 7) is 0. The average Bonchev–Trinajstić information content (AvgIpc) is 2.84. The molecule has 0 fully saturated rings. The van der Waals surface area contributed by atoms with Crippen LogP contribution in [0.5, 0.6) is 0 Å². The second-order valence-corrected chi connectivity index (χ2v) is 5.04. The fraction of sp³-hybridized carbons (Fsp3) is 0.385. The molecule has 0 radical (unpaired) electrons. The van der Waals surface area contributed by atoms with Crippen LogP contribution in [0.4, 0.5) is 0 Å². The minimum atomic E-state index is 1.07. The van der Waals surface area contributed by atoms with E-state index >= 15 is 0 Å². The van der Waals surface area contributed by atoms with E-state index in [1.807, 2.05) is 0 Å². The summed E-state index contributed by atoms with van der Waals surface area (Å²) >= 11 is 1.75. The molecule has 0 amide bonds. The van der Waals surface area contributed by atoms with Crippen molar-refractivity contribution in [1.82, 2.24) is 0 Å². The summed E-state index contributed by atoms with van der Waals surface area (Å²) in [4.78, 5) is 1.25. The Balaban J connectivity index is 1.99. The summed E-state index contributed by atoms with van der Waals surface area (Å²) in [5, 5.41) is 2.10. The molecule has 2 aromatic rings. The van der Waals surface area contributed by atoms with Gasteiger partial charge in [-0.25, -0.2) is 0 Å². The highest BCUT2D eigenvalue weighted by atomic mass is 32.1. The van der Waals surface area contributed by atoms with Crippen LogP contribution >= 0.6 is 11.3 Å². The Morgan fingerprint density at radius 2 is 2.07 bits per heavy atom. The molecule has 1 nitrogen and oxygen atoms in total. The number of hydrogen-bond acceptors (Lipinski definition) is 2. The zero-order valence-corrected chi connectivity index (χ0v) is 9.48. The molecule has 0 unspecified atom stereocenters. The fourth-order valence-corrected chi connectivity index (χ4v) is 2.89. The van der Waals surface area contributed by atoms with Crippen LogP contribution in [0.1, 0.15) is 30.6 Å². The Morgan fingerprint density at radius 1 is 1.13 bits per heavy atom. The van der Waals surface area contributed by atoms with Crippen molar-refractivity contribution >= 4 is 11.3 Å². The maximum atomic E-state index is 5.94. The lowest BCUT2D eigenvalue weighted by Gasteiger charge is -1.93. The molecule has 0 aromatic carbocycles. The van der Waals surface area contributed by atoms with Gasteiger partial charge in [-0.05, 0) is 42.3 Å². The van der Waals surface area contributed by atoms with Crippen LogP contribution in [0.15, 0.2) is 28.0 Å². The lowest BCUT2D eigenvalue weighted by atomic mass is 10.1. The molecule has 1 aliphatic rings. The first-order chi connectivity index (χ1) is 7.43. The predicted octanol–water partition coefficient (Wildman–Crippen LogP) is 4.28. The number of thiophene rings is 1. The Morgan fingerprint density at radius 3 is 2.93 bits per heavy atom. The third kappa shape index (κ3) is 1.74. The summed E-state index contributed by atoms with van der Waals surface area (Å²) < 4.78 is 5.94. The lowest BCUT2D eigenvalue weighted by molar-refractivity contribution is 0.514. The maximum absolute atomic E-state index is 5.94. The zero-order chi connectivity index (χ0) is 10.1. The highest BCUT2D eigenvalue weighted by molar-refractivity contribution is 7.13. The van der Waals surface area contributed by atoms with Crippen molar-refractivity contribution in [2.75, 3.05) is 0 Å². The molecular weight excluding hydrogens is 204 g/mol. The van der Waals surface area contributed by atoms with Gasteiger partial charge in [-0.2, -0.15) is 0 Å². The molecule has 2 heteroatoms. The minimum absolute atomic E-state index is 1.07. The van der Waals surface area contributed by atoms with E-state index in [0.717, 1.165) is 12.2 Å². The van der Waals surface area contributed by atoms with E-state index in [1.54, 1.807) is 11.3 Å². The van der Waals surface area contributed by atoms with Gasteiger partial charge in [0.05, 0.1) is 4.88 Å². The Labute approximate surface area is 93.7 Å². The third-order valence-corrected chi connectivity index (χ3v) is 3.90. The Kier molecular flexibility index (Phi) is 2.37. The van der Waals surface area contributed by atoms with Crippen molar-refractivity contribution in [2.45, 2.75) is 32.1 Å². The van der Waals surface area contributed by atoms with Gasteiger partial charge in [0.25, 0.3) is 0 Å². The molecule has 78 valence electrons. The molecule has 0 saturated heterocycles. The molecule has 2 heterocycles. The van der Waals surface area contributed by atoms with Gasteiger partial charge in [0.15, 0.2) is 0 Å². The molecule has 3 rings (SSSR count). The van der Waals surface area contributed by atoms with Crippen LogP contribution in [0.2, 0.25) is 0 Å². The van der Waals surface area contributed by atoms with Gasteiger partial charge in [0.2, 0.25) is 0 Å². The van der Waals surface area contributed by atoms with E-state index in [0.29, 0.717) is 0 Å². The molecule has 15 heavy (non-hydrogen) atoms. The monoisotopic (exact) mass is 218 g/mol. The van der Waals surface area contributed by atoms with E-state index in [1.165, 1.54) is 41.9 Å². The summed E-state index contributed by atoms with van der Waals surface area (Å²) in [6.07, 6.45) is 6.27. The third-order valence-electron chi connectivity index (χ3n) is 3.01. The normalized spacial score (nSPS) is 16.0. The summed E-state index contributed by atoms with van der Waals surface area (Å²) in [5.74, 6) is 2.30. The van der Waals surface area contributed by atoms with Crippen molar-refractivity contribution in [3.63, 3.8) is 0 Å². The van der Waals surface area contributed by atoms with E-state index in [4.69, 9.17) is 4.42 Å². The lowest BCUT2D eigenvalue weighted by Crippen LogP contribution is -1.81. The summed E-state index contributed by atoms with van der Waals surface area (Å²) in [6, 6.07) is 6.45. The smallest absolute Gasteiger partial charge is 0.144 e. The van der Waals surface area contributed by atoms with Crippen molar-refractivity contribution in [3.8, 4) is 10.6 Å². The molecule has 0 spiro atoms. The fourth-order valence-electron chi connectivity index (χ4n) is 2.21. The highest BCUT2D eigenvalue weighted by Crippen LogP contribution is 2.32. The van der Waals surface area contributed by atoms with Crippen LogP contribution in [0.3, 0.4) is 0 Å². The second kappa shape index (κ2) is 3.86. The van der Waals surface area contributed by atoms with Gasteiger partial charge < -0.3 is 4.42 Å². The number of furan rings is 1. The topological polar surface area (TPSA) is 13.1 Å². The van der Waals surface area contributed by atoms with Gasteiger partial charge in [-0.1, -0.05) is 12.5 Å². The summed E-state index contributed by atoms with van der Waals surface area (Å²) in [5.41, 5.74) is 1.44. The van der Waals surface area contributed by atoms with Crippen molar-refractivity contribution in [2.24, 2.45) is 0 Å². The van der Waals surface area contributed by atoms with Gasteiger partial charge in [0.1, 0.15) is 11.5 Å². The van der Waals surface area contributed by atoms with Crippen LogP contribution in [0.25, 0.3) is 10.6 Å². The Hall–Kier alpha value is -1.02. The number of hydrogen-bond donors (Lipinski definition) is 0. The van der Waals surface area contributed by atoms with Gasteiger partial charge in [-0.15, -0.1) is 11.3 Å². The first kappa shape index (κ1) is 9.22. The SMILES string of the molecule is c1csc(-c2cc3c(o2)CCCCC3)c1. The van der Waals surface area contributed by atoms with Crippen LogP contribution in [-0.4, -0.2) is 0 Å². The van der Waals surface area contributed by atoms with Gasteiger partial charge in [0, 0.05) is 6.42 Å². The zero-order valence-electron chi connectivity index (χ0n) is 8.66. The first-order valence-corrected chi connectivity index (χ1v) is 6.47. The standard InChI is InChI=1S/C13H14OS/c1-2-5-10-9-12(13-7-4-8-15-13)14-11(10)6-3-1/h4,7-9H,1-3,5-6H2. The van der Waals surface area contributed by atoms with Gasteiger partial charge in [-0.3, -0.25) is 0 Å². The molecule has 1 aliphatic carbocycles. The molecule has 0 bridgehead atoms. The van der Waals surface area contributed by atoms with E-state index in [9.17, 15) is 0 Å². The van der Waals surface area contributed by atoms with Crippen molar-refractivity contribution < 1.29 is 4.42 Å². The largest absolute Gasteiger partial charge is 0.460 e. The maximum Gasteiger partial charge on any atom is 0.144 e. The molecule has 0 N–H and O–H groups in total. The van der Waals surface area contributed by atoms with Crippen molar-refractivity contribution in [1.29, 1.82) is 0 Å². The molecule has 0 saturated carbocycles. The number of rotatable bonds is 1. The molecule has 0 aliphatic heterocycles. The molecule has 2 aromatic heterocycles. The van der Waals surface area contributed by atoms with Crippen LogP contribution in [0, 0.1) is 0 Å². The summed E-state index contributed by atoms with van der Waals surface area (Å²) in [7, 11) is 0. The van der Waals surface area contributed by atoms with E-state index in [2.05, 4.69) is 23.6 Å². The first-order valence-electron chi connectivity index (χ1n) is 5.59. The molecular formula is C13H14OS. The average molecular weight is 218 g/mol. The van der Waals surface area contributed by atoms with Crippen LogP contribution in [-0.2, 0) is 12.8 Å². The van der Waals surface area contributed by atoms with Crippen molar-refractivity contribution in [3.05, 3.63) is 34.9 Å². The number of aryl methyl sites for hydroxylation is 2. The minimum Gasteiger partial charge on any atom is -0.460 e. The molecule has 0 atom stereocenters. The highest BCUT2D eigenvalue weighted by Gasteiger charge is 2.14. The van der Waals surface area contributed by atoms with E-state index in [-0.39, 0.29) is 0 Å². The quantitative estimate of drug-likeness (QED) is 0.651. The number of fused-ring (bicyclic) bond motifs is 1. The second-order valence-electron chi connectivity index (χ2n) is 4.10.